The Morgan fingerprint density at radius 3 is 2.60 bits per heavy atom. The highest BCUT2D eigenvalue weighted by atomic mass is 32.1. The lowest BCUT2D eigenvalue weighted by Gasteiger charge is -2.18. The Bertz CT molecular complexity index is 609. The normalized spacial score (nSPS) is 18.4. The van der Waals surface area contributed by atoms with Crippen LogP contribution in [0.4, 0.5) is 0 Å². The molecule has 2 atom stereocenters. The number of hydrogen-bond acceptors (Lipinski definition) is 3. The average Bonchev–Trinajstić information content (AvgIpc) is 2.91. The van der Waals surface area contributed by atoms with Crippen LogP contribution < -0.4 is 4.74 Å². The molecule has 0 saturated carbocycles. The first kappa shape index (κ1) is 13.3. The predicted octanol–water partition coefficient (Wildman–Crippen LogP) is 3.62. The van der Waals surface area contributed by atoms with Gasteiger partial charge in [-0.05, 0) is 36.1 Å². The second kappa shape index (κ2) is 5.71. The number of esters is 1. The van der Waals surface area contributed by atoms with E-state index in [0.29, 0.717) is 5.75 Å². The summed E-state index contributed by atoms with van der Waals surface area (Å²) in [6.45, 7) is 0. The Balaban J connectivity index is 1.74. The number of carbonyl (C=O) groups is 1. The molecule has 0 N–H and O–H groups in total. The molecule has 2 aromatic rings. The van der Waals surface area contributed by atoms with Crippen molar-refractivity contribution in [2.24, 2.45) is 0 Å². The highest BCUT2D eigenvalue weighted by Gasteiger charge is 2.32. The summed E-state index contributed by atoms with van der Waals surface area (Å²) in [4.78, 5) is 12.2. The second-order valence-corrected chi connectivity index (χ2v) is 5.58. The lowest BCUT2D eigenvalue weighted by molar-refractivity contribution is -0.134. The van der Waals surface area contributed by atoms with Gasteiger partial charge in [-0.15, -0.1) is 0 Å². The summed E-state index contributed by atoms with van der Waals surface area (Å²) in [5.74, 6) is 0.440. The minimum Gasteiger partial charge on any atom is -0.426 e. The number of thiol groups is 1. The van der Waals surface area contributed by atoms with E-state index in [1.54, 1.807) is 12.1 Å². The first-order valence-electron chi connectivity index (χ1n) is 6.78. The highest BCUT2D eigenvalue weighted by molar-refractivity contribution is 7.81. The molecule has 0 radical (unpaired) electrons. The molecule has 2 aromatic carbocycles. The number of benzene rings is 2. The number of aryl methyl sites for hydroxylation is 1. The Labute approximate surface area is 124 Å². The molecule has 3 rings (SSSR count). The van der Waals surface area contributed by atoms with Gasteiger partial charge in [-0.2, -0.15) is 12.6 Å². The molecule has 0 aromatic heterocycles. The van der Waals surface area contributed by atoms with Gasteiger partial charge in [0.1, 0.15) is 11.0 Å². The third-order valence-electron chi connectivity index (χ3n) is 3.76. The fraction of sp³-hybridized carbons (Fsp3) is 0.235. The number of rotatable bonds is 3. The minimum absolute atomic E-state index is 0.144. The van der Waals surface area contributed by atoms with E-state index in [4.69, 9.17) is 4.74 Å². The Morgan fingerprint density at radius 2 is 1.80 bits per heavy atom. The quantitative estimate of drug-likeness (QED) is 0.529. The zero-order valence-electron chi connectivity index (χ0n) is 11.0. The maximum Gasteiger partial charge on any atom is 0.324 e. The van der Waals surface area contributed by atoms with Crippen molar-refractivity contribution in [2.75, 3.05) is 0 Å². The molecule has 1 aliphatic carbocycles. The number of ether oxygens (including phenoxy) is 1. The summed E-state index contributed by atoms with van der Waals surface area (Å²) < 4.78 is 5.39. The van der Waals surface area contributed by atoms with Crippen LogP contribution in [-0.4, -0.2) is 11.2 Å². The summed E-state index contributed by atoms with van der Waals surface area (Å²) in [6, 6.07) is 17.4. The predicted molar refractivity (Wildman–Crippen MR) is 82.4 cm³/mol. The Kier molecular flexibility index (Phi) is 3.79. The van der Waals surface area contributed by atoms with Crippen molar-refractivity contribution < 1.29 is 9.53 Å². The Morgan fingerprint density at radius 1 is 1.10 bits per heavy atom. The molecular weight excluding hydrogens is 268 g/mol. The lowest BCUT2D eigenvalue weighted by atomic mass is 9.97. The zero-order chi connectivity index (χ0) is 13.9. The van der Waals surface area contributed by atoms with Crippen LogP contribution in [0.2, 0.25) is 0 Å². The van der Waals surface area contributed by atoms with E-state index in [1.165, 1.54) is 11.1 Å². The van der Waals surface area contributed by atoms with Gasteiger partial charge in [0.15, 0.2) is 0 Å². The molecule has 0 saturated heterocycles. The van der Waals surface area contributed by atoms with Crippen LogP contribution in [0.15, 0.2) is 54.6 Å². The van der Waals surface area contributed by atoms with Crippen molar-refractivity contribution >= 4 is 18.6 Å². The first-order chi connectivity index (χ1) is 9.75. The van der Waals surface area contributed by atoms with Crippen LogP contribution in [0.25, 0.3) is 0 Å². The van der Waals surface area contributed by atoms with Gasteiger partial charge >= 0.3 is 5.97 Å². The molecule has 0 bridgehead atoms. The summed E-state index contributed by atoms with van der Waals surface area (Å²) in [5, 5.41) is -0.418. The minimum atomic E-state index is -0.418. The van der Waals surface area contributed by atoms with E-state index in [-0.39, 0.29) is 11.9 Å². The molecule has 20 heavy (non-hydrogen) atoms. The monoisotopic (exact) mass is 284 g/mol. The topological polar surface area (TPSA) is 26.3 Å². The molecule has 1 aliphatic rings. The molecule has 0 spiro atoms. The molecule has 0 heterocycles. The van der Waals surface area contributed by atoms with Crippen LogP contribution >= 0.6 is 12.6 Å². The van der Waals surface area contributed by atoms with E-state index >= 15 is 0 Å². The molecule has 0 amide bonds. The summed E-state index contributed by atoms with van der Waals surface area (Å²) in [6.07, 6.45) is 1.97. The smallest absolute Gasteiger partial charge is 0.324 e. The first-order valence-corrected chi connectivity index (χ1v) is 7.30. The van der Waals surface area contributed by atoms with E-state index in [2.05, 4.69) is 24.8 Å². The molecule has 0 fully saturated rings. The van der Waals surface area contributed by atoms with Crippen molar-refractivity contribution in [1.82, 2.24) is 0 Å². The van der Waals surface area contributed by atoms with E-state index in [0.717, 1.165) is 12.8 Å². The fourth-order valence-electron chi connectivity index (χ4n) is 2.75. The maximum atomic E-state index is 12.2. The fourth-order valence-corrected chi connectivity index (χ4v) is 3.11. The van der Waals surface area contributed by atoms with Gasteiger partial charge in [-0.3, -0.25) is 4.79 Å². The van der Waals surface area contributed by atoms with Gasteiger partial charge in [0.05, 0.1) is 0 Å². The van der Waals surface area contributed by atoms with Gasteiger partial charge in [0, 0.05) is 5.92 Å². The van der Waals surface area contributed by atoms with Gasteiger partial charge in [-0.1, -0.05) is 42.5 Å². The van der Waals surface area contributed by atoms with Gasteiger partial charge in [-0.25, -0.2) is 0 Å². The largest absolute Gasteiger partial charge is 0.426 e. The third-order valence-corrected chi connectivity index (χ3v) is 4.33. The van der Waals surface area contributed by atoms with Gasteiger partial charge < -0.3 is 4.74 Å². The van der Waals surface area contributed by atoms with Crippen LogP contribution in [0.1, 0.15) is 23.5 Å². The SMILES string of the molecule is O=C(Oc1ccccc1)C(S)C1CCc2ccccc21. The van der Waals surface area contributed by atoms with Crippen LogP contribution in [0.5, 0.6) is 5.75 Å². The van der Waals surface area contributed by atoms with Crippen LogP contribution in [0, 0.1) is 0 Å². The summed E-state index contributed by atoms with van der Waals surface area (Å²) in [5.41, 5.74) is 2.56. The Hall–Kier alpha value is -1.74. The highest BCUT2D eigenvalue weighted by Crippen LogP contribution is 2.37. The maximum absolute atomic E-state index is 12.2. The number of hydrogen-bond donors (Lipinski definition) is 1. The molecule has 0 aliphatic heterocycles. The van der Waals surface area contributed by atoms with Crippen molar-refractivity contribution in [2.45, 2.75) is 24.0 Å². The van der Waals surface area contributed by atoms with Gasteiger partial charge in [0.2, 0.25) is 0 Å². The zero-order valence-corrected chi connectivity index (χ0v) is 11.9. The molecular formula is C17H16O2S. The summed E-state index contributed by atoms with van der Waals surface area (Å²) >= 11 is 4.50. The van der Waals surface area contributed by atoms with Crippen LogP contribution in [-0.2, 0) is 11.2 Å². The van der Waals surface area contributed by atoms with Crippen molar-refractivity contribution in [3.05, 3.63) is 65.7 Å². The number of carbonyl (C=O) groups excluding carboxylic acids is 1. The molecule has 2 nitrogen and oxygen atoms in total. The molecule has 2 unspecified atom stereocenters. The second-order valence-electron chi connectivity index (χ2n) is 5.02. The standard InChI is InChI=1S/C17H16O2S/c18-17(19-13-7-2-1-3-8-13)16(20)15-11-10-12-6-4-5-9-14(12)15/h1-9,15-16,20H,10-11H2. The average molecular weight is 284 g/mol. The van der Waals surface area contributed by atoms with E-state index in [9.17, 15) is 4.79 Å². The van der Waals surface area contributed by atoms with Crippen molar-refractivity contribution in [3.63, 3.8) is 0 Å². The summed E-state index contributed by atoms with van der Waals surface area (Å²) in [7, 11) is 0. The third kappa shape index (κ3) is 2.59. The number of fused-ring (bicyclic) bond motifs is 1. The van der Waals surface area contributed by atoms with E-state index in [1.807, 2.05) is 30.3 Å². The molecule has 102 valence electrons. The van der Waals surface area contributed by atoms with Crippen LogP contribution in [0.3, 0.4) is 0 Å². The van der Waals surface area contributed by atoms with Crippen molar-refractivity contribution in [3.8, 4) is 5.75 Å². The molecule has 3 heteroatoms. The van der Waals surface area contributed by atoms with Gasteiger partial charge in [0.25, 0.3) is 0 Å². The van der Waals surface area contributed by atoms with Crippen molar-refractivity contribution in [1.29, 1.82) is 0 Å². The lowest BCUT2D eigenvalue weighted by Crippen LogP contribution is -2.26. The number of para-hydroxylation sites is 1. The van der Waals surface area contributed by atoms with E-state index < -0.39 is 5.25 Å².